The molecule has 0 radical (unpaired) electrons. The van der Waals surface area contributed by atoms with Crippen molar-refractivity contribution in [1.82, 2.24) is 4.98 Å². The Hall–Kier alpha value is -1.90. The number of esters is 1. The number of methoxy groups -OCH3 is 1. The summed E-state index contributed by atoms with van der Waals surface area (Å²) in [5.74, 6) is -0.318. The summed E-state index contributed by atoms with van der Waals surface area (Å²) in [7, 11) is 1.38. The molecule has 1 aromatic heterocycles. The Morgan fingerprint density at radius 2 is 2.00 bits per heavy atom. The van der Waals surface area contributed by atoms with Gasteiger partial charge in [-0.25, -0.2) is 4.79 Å². The summed E-state index contributed by atoms with van der Waals surface area (Å²) in [6, 6.07) is 7.41. The fraction of sp³-hybridized carbons (Fsp3) is 0.231. The number of hydrogen-bond acceptors (Lipinski definition) is 3. The normalized spacial score (nSPS) is 10.4. The van der Waals surface area contributed by atoms with E-state index >= 15 is 0 Å². The van der Waals surface area contributed by atoms with E-state index in [9.17, 15) is 4.79 Å². The van der Waals surface area contributed by atoms with Gasteiger partial charge in [-0.15, -0.1) is 0 Å². The predicted octanol–water partition coefficient (Wildman–Crippen LogP) is 2.64. The standard InChI is InChI=1S/C13H13NO2/c1-8-6-9(2)14-12-5-4-10(7-11(8)12)13(15)16-3/h4-7H,1-3H3. The SMILES string of the molecule is COC(=O)c1ccc2nc(C)cc(C)c2c1. The lowest BCUT2D eigenvalue weighted by molar-refractivity contribution is 0.0601. The van der Waals surface area contributed by atoms with Crippen LogP contribution in [0.25, 0.3) is 10.9 Å². The second-order valence-corrected chi connectivity index (χ2v) is 3.80. The van der Waals surface area contributed by atoms with Gasteiger partial charge in [0.2, 0.25) is 0 Å². The van der Waals surface area contributed by atoms with E-state index in [1.54, 1.807) is 6.07 Å². The van der Waals surface area contributed by atoms with E-state index in [-0.39, 0.29) is 5.97 Å². The van der Waals surface area contributed by atoms with Crippen molar-refractivity contribution in [2.45, 2.75) is 13.8 Å². The second-order valence-electron chi connectivity index (χ2n) is 3.80. The Balaban J connectivity index is 2.66. The first-order valence-electron chi connectivity index (χ1n) is 5.08. The molecule has 2 rings (SSSR count). The van der Waals surface area contributed by atoms with Crippen LogP contribution < -0.4 is 0 Å². The molecule has 0 amide bonds. The molecular formula is C13H13NO2. The van der Waals surface area contributed by atoms with Crippen LogP contribution in [0.4, 0.5) is 0 Å². The summed E-state index contributed by atoms with van der Waals surface area (Å²) in [6.07, 6.45) is 0. The first-order valence-corrected chi connectivity index (χ1v) is 5.08. The monoisotopic (exact) mass is 215 g/mol. The van der Waals surface area contributed by atoms with Crippen molar-refractivity contribution >= 4 is 16.9 Å². The Kier molecular flexibility index (Phi) is 2.60. The second kappa shape index (κ2) is 3.93. The molecule has 0 saturated carbocycles. The van der Waals surface area contributed by atoms with Gasteiger partial charge in [0.25, 0.3) is 0 Å². The minimum Gasteiger partial charge on any atom is -0.465 e. The third-order valence-corrected chi connectivity index (χ3v) is 2.56. The maximum Gasteiger partial charge on any atom is 0.337 e. The lowest BCUT2D eigenvalue weighted by Gasteiger charge is -2.05. The molecule has 1 heterocycles. The van der Waals surface area contributed by atoms with Gasteiger partial charge in [-0.05, 0) is 43.7 Å². The Labute approximate surface area is 94.1 Å². The van der Waals surface area contributed by atoms with Crippen LogP contribution in [0.1, 0.15) is 21.6 Å². The van der Waals surface area contributed by atoms with Crippen molar-refractivity contribution in [3.8, 4) is 0 Å². The van der Waals surface area contributed by atoms with E-state index in [0.29, 0.717) is 5.56 Å². The van der Waals surface area contributed by atoms with Gasteiger partial charge in [0.1, 0.15) is 0 Å². The summed E-state index contributed by atoms with van der Waals surface area (Å²) in [4.78, 5) is 15.8. The number of nitrogens with zero attached hydrogens (tertiary/aromatic N) is 1. The number of carbonyl (C=O) groups is 1. The van der Waals surface area contributed by atoms with E-state index < -0.39 is 0 Å². The molecule has 0 unspecified atom stereocenters. The van der Waals surface area contributed by atoms with E-state index in [4.69, 9.17) is 0 Å². The van der Waals surface area contributed by atoms with Crippen LogP contribution in [0.15, 0.2) is 24.3 Å². The molecule has 0 aliphatic rings. The molecule has 0 fully saturated rings. The van der Waals surface area contributed by atoms with Gasteiger partial charge in [-0.3, -0.25) is 4.98 Å². The van der Waals surface area contributed by atoms with E-state index in [1.165, 1.54) is 7.11 Å². The van der Waals surface area contributed by atoms with Crippen molar-refractivity contribution in [3.63, 3.8) is 0 Å². The zero-order chi connectivity index (χ0) is 11.7. The zero-order valence-corrected chi connectivity index (χ0v) is 9.57. The number of hydrogen-bond donors (Lipinski definition) is 0. The van der Waals surface area contributed by atoms with Crippen LogP contribution in [0.2, 0.25) is 0 Å². The van der Waals surface area contributed by atoms with Gasteiger partial charge < -0.3 is 4.74 Å². The van der Waals surface area contributed by atoms with Crippen molar-refractivity contribution < 1.29 is 9.53 Å². The highest BCUT2D eigenvalue weighted by Gasteiger charge is 2.07. The van der Waals surface area contributed by atoms with E-state index in [1.807, 2.05) is 32.0 Å². The average Bonchev–Trinajstić information content (AvgIpc) is 2.27. The molecule has 3 heteroatoms. The highest BCUT2D eigenvalue weighted by molar-refractivity contribution is 5.95. The minimum absolute atomic E-state index is 0.318. The number of pyridine rings is 1. The topological polar surface area (TPSA) is 39.2 Å². The third kappa shape index (κ3) is 1.76. The summed E-state index contributed by atoms with van der Waals surface area (Å²) in [6.45, 7) is 3.97. The van der Waals surface area contributed by atoms with Crippen molar-refractivity contribution in [2.75, 3.05) is 7.11 Å². The third-order valence-electron chi connectivity index (χ3n) is 2.56. The zero-order valence-electron chi connectivity index (χ0n) is 9.57. The van der Waals surface area contributed by atoms with Crippen LogP contribution >= 0.6 is 0 Å². The van der Waals surface area contributed by atoms with Gasteiger partial charge >= 0.3 is 5.97 Å². The maximum absolute atomic E-state index is 11.4. The maximum atomic E-state index is 11.4. The number of ether oxygens (including phenoxy) is 1. The molecule has 0 bridgehead atoms. The Morgan fingerprint density at radius 3 is 2.69 bits per heavy atom. The summed E-state index contributed by atoms with van der Waals surface area (Å²) >= 11 is 0. The van der Waals surface area contributed by atoms with Gasteiger partial charge in [0, 0.05) is 11.1 Å². The molecule has 82 valence electrons. The molecule has 0 aliphatic carbocycles. The van der Waals surface area contributed by atoms with Crippen molar-refractivity contribution in [1.29, 1.82) is 0 Å². The van der Waals surface area contributed by atoms with Crippen LogP contribution in [0.3, 0.4) is 0 Å². The smallest absolute Gasteiger partial charge is 0.337 e. The van der Waals surface area contributed by atoms with E-state index in [0.717, 1.165) is 22.2 Å². The van der Waals surface area contributed by atoms with E-state index in [2.05, 4.69) is 9.72 Å². The first kappa shape index (κ1) is 10.6. The predicted molar refractivity (Wildman–Crippen MR) is 62.6 cm³/mol. The molecule has 0 atom stereocenters. The van der Waals surface area contributed by atoms with Gasteiger partial charge in [0.05, 0.1) is 18.2 Å². The lowest BCUT2D eigenvalue weighted by atomic mass is 10.1. The highest BCUT2D eigenvalue weighted by Crippen LogP contribution is 2.19. The molecular weight excluding hydrogens is 202 g/mol. The Bertz CT molecular complexity index is 561. The molecule has 2 aromatic rings. The highest BCUT2D eigenvalue weighted by atomic mass is 16.5. The number of aromatic nitrogens is 1. The molecule has 16 heavy (non-hydrogen) atoms. The van der Waals surface area contributed by atoms with Crippen LogP contribution in [-0.4, -0.2) is 18.1 Å². The van der Waals surface area contributed by atoms with Crippen molar-refractivity contribution in [2.24, 2.45) is 0 Å². The summed E-state index contributed by atoms with van der Waals surface area (Å²) in [5.41, 5.74) is 3.57. The molecule has 0 aliphatic heterocycles. The van der Waals surface area contributed by atoms with Crippen LogP contribution in [0.5, 0.6) is 0 Å². The minimum atomic E-state index is -0.318. The first-order chi connectivity index (χ1) is 7.61. The quantitative estimate of drug-likeness (QED) is 0.686. The van der Waals surface area contributed by atoms with Crippen LogP contribution in [-0.2, 0) is 4.74 Å². The Morgan fingerprint density at radius 1 is 1.25 bits per heavy atom. The molecule has 3 nitrogen and oxygen atoms in total. The number of fused-ring (bicyclic) bond motifs is 1. The fourth-order valence-electron chi connectivity index (χ4n) is 1.81. The van der Waals surface area contributed by atoms with Gasteiger partial charge in [-0.2, -0.15) is 0 Å². The van der Waals surface area contributed by atoms with Crippen LogP contribution in [0, 0.1) is 13.8 Å². The van der Waals surface area contributed by atoms with Crippen molar-refractivity contribution in [3.05, 3.63) is 41.1 Å². The lowest BCUT2D eigenvalue weighted by Crippen LogP contribution is -2.01. The average molecular weight is 215 g/mol. The number of carbonyl (C=O) groups excluding carboxylic acids is 1. The number of benzene rings is 1. The number of aryl methyl sites for hydroxylation is 2. The fourth-order valence-corrected chi connectivity index (χ4v) is 1.81. The molecule has 0 spiro atoms. The summed E-state index contributed by atoms with van der Waals surface area (Å²) < 4.78 is 4.69. The van der Waals surface area contributed by atoms with Gasteiger partial charge in [-0.1, -0.05) is 0 Å². The molecule has 0 N–H and O–H groups in total. The summed E-state index contributed by atoms with van der Waals surface area (Å²) in [5, 5.41) is 0.994. The molecule has 0 saturated heterocycles. The number of rotatable bonds is 1. The molecule has 1 aromatic carbocycles. The largest absolute Gasteiger partial charge is 0.465 e. The van der Waals surface area contributed by atoms with Gasteiger partial charge in [0.15, 0.2) is 0 Å².